The van der Waals surface area contributed by atoms with Gasteiger partial charge in [0.05, 0.1) is 0 Å². The normalized spacial score (nSPS) is 16.2. The number of hydrogen-bond acceptors (Lipinski definition) is 4. The van der Waals surface area contributed by atoms with Gasteiger partial charge in [0.15, 0.2) is 0 Å². The molecule has 25 heavy (non-hydrogen) atoms. The van der Waals surface area contributed by atoms with Crippen LogP contribution in [0.4, 0.5) is 0 Å². The van der Waals surface area contributed by atoms with Gasteiger partial charge >= 0.3 is 0 Å². The zero-order valence-electron chi connectivity index (χ0n) is 14.3. The summed E-state index contributed by atoms with van der Waals surface area (Å²) in [6, 6.07) is 9.29. The van der Waals surface area contributed by atoms with Gasteiger partial charge in [0, 0.05) is 18.0 Å². The molecule has 3 rings (SSSR count). The Bertz CT molecular complexity index is 723. The SMILES string of the molecule is CNC(=O)C(NC(=O)c1csc(-c2ccccc2)n1)C1CCCCC1. The lowest BCUT2D eigenvalue weighted by Crippen LogP contribution is -2.50. The summed E-state index contributed by atoms with van der Waals surface area (Å²) >= 11 is 1.44. The molecule has 1 aliphatic rings. The summed E-state index contributed by atoms with van der Waals surface area (Å²) in [4.78, 5) is 29.3. The van der Waals surface area contributed by atoms with Gasteiger partial charge in [-0.25, -0.2) is 4.98 Å². The summed E-state index contributed by atoms with van der Waals surface area (Å²) in [7, 11) is 1.61. The van der Waals surface area contributed by atoms with E-state index in [1.807, 2.05) is 30.3 Å². The van der Waals surface area contributed by atoms with Crippen LogP contribution in [-0.4, -0.2) is 29.9 Å². The predicted octanol–water partition coefficient (Wildman–Crippen LogP) is 3.23. The fourth-order valence-corrected chi connectivity index (χ4v) is 4.13. The third-order valence-electron chi connectivity index (χ3n) is 4.69. The fourth-order valence-electron chi connectivity index (χ4n) is 3.33. The maximum Gasteiger partial charge on any atom is 0.271 e. The molecule has 1 aromatic carbocycles. The van der Waals surface area contributed by atoms with Gasteiger partial charge in [-0.2, -0.15) is 0 Å². The molecule has 132 valence electrons. The van der Waals surface area contributed by atoms with Gasteiger partial charge in [-0.3, -0.25) is 9.59 Å². The Morgan fingerprint density at radius 2 is 1.88 bits per heavy atom. The van der Waals surface area contributed by atoms with E-state index in [-0.39, 0.29) is 17.7 Å². The molecule has 1 unspecified atom stereocenters. The van der Waals surface area contributed by atoms with Crippen molar-refractivity contribution in [1.82, 2.24) is 15.6 Å². The van der Waals surface area contributed by atoms with Gasteiger partial charge in [0.1, 0.15) is 16.7 Å². The van der Waals surface area contributed by atoms with Gasteiger partial charge in [0.2, 0.25) is 5.91 Å². The van der Waals surface area contributed by atoms with Crippen LogP contribution in [0, 0.1) is 5.92 Å². The van der Waals surface area contributed by atoms with Crippen LogP contribution in [0.2, 0.25) is 0 Å². The lowest BCUT2D eigenvalue weighted by atomic mass is 9.83. The number of likely N-dealkylation sites (N-methyl/N-ethyl adjacent to an activating group) is 1. The minimum absolute atomic E-state index is 0.126. The van der Waals surface area contributed by atoms with Gasteiger partial charge < -0.3 is 10.6 Å². The Balaban J connectivity index is 1.73. The maximum atomic E-state index is 12.6. The van der Waals surface area contributed by atoms with Crippen LogP contribution in [0.5, 0.6) is 0 Å². The summed E-state index contributed by atoms with van der Waals surface area (Å²) in [6.45, 7) is 0. The molecule has 1 fully saturated rings. The predicted molar refractivity (Wildman–Crippen MR) is 99.4 cm³/mol. The van der Waals surface area contributed by atoms with Crippen LogP contribution in [-0.2, 0) is 4.79 Å². The molecule has 2 amide bonds. The summed E-state index contributed by atoms with van der Waals surface area (Å²) in [6.07, 6.45) is 5.39. The van der Waals surface area contributed by atoms with E-state index in [2.05, 4.69) is 15.6 Å². The molecule has 1 aliphatic carbocycles. The Labute approximate surface area is 151 Å². The van der Waals surface area contributed by atoms with Crippen molar-refractivity contribution in [1.29, 1.82) is 0 Å². The van der Waals surface area contributed by atoms with Crippen molar-refractivity contribution in [3.05, 3.63) is 41.4 Å². The highest BCUT2D eigenvalue weighted by molar-refractivity contribution is 7.13. The molecule has 0 bridgehead atoms. The molecule has 0 saturated heterocycles. The molecule has 0 aliphatic heterocycles. The van der Waals surface area contributed by atoms with Crippen molar-refractivity contribution in [2.24, 2.45) is 5.92 Å². The zero-order valence-corrected chi connectivity index (χ0v) is 15.1. The highest BCUT2D eigenvalue weighted by Gasteiger charge is 2.31. The second-order valence-electron chi connectivity index (χ2n) is 6.37. The number of thiazole rings is 1. The molecule has 2 N–H and O–H groups in total. The second kappa shape index (κ2) is 8.25. The zero-order chi connectivity index (χ0) is 17.6. The van der Waals surface area contributed by atoms with E-state index in [4.69, 9.17) is 0 Å². The average Bonchev–Trinajstić information content (AvgIpc) is 3.17. The Kier molecular flexibility index (Phi) is 5.81. The van der Waals surface area contributed by atoms with Crippen molar-refractivity contribution < 1.29 is 9.59 Å². The molecule has 1 aromatic heterocycles. The second-order valence-corrected chi connectivity index (χ2v) is 7.23. The number of aromatic nitrogens is 1. The molecule has 1 atom stereocenters. The molecule has 6 heteroatoms. The highest BCUT2D eigenvalue weighted by Crippen LogP contribution is 2.27. The van der Waals surface area contributed by atoms with E-state index < -0.39 is 6.04 Å². The van der Waals surface area contributed by atoms with Gasteiger partial charge in [-0.05, 0) is 18.8 Å². The number of carbonyl (C=O) groups is 2. The Morgan fingerprint density at radius 1 is 1.16 bits per heavy atom. The molecular formula is C19H23N3O2S. The third-order valence-corrected chi connectivity index (χ3v) is 5.59. The number of hydrogen-bond donors (Lipinski definition) is 2. The van der Waals surface area contributed by atoms with Crippen molar-refractivity contribution in [3.63, 3.8) is 0 Å². The number of nitrogens with one attached hydrogen (secondary N) is 2. The largest absolute Gasteiger partial charge is 0.357 e. The number of amides is 2. The third kappa shape index (κ3) is 4.25. The number of carbonyl (C=O) groups excluding carboxylic acids is 2. The van der Waals surface area contributed by atoms with Crippen LogP contribution >= 0.6 is 11.3 Å². The van der Waals surface area contributed by atoms with E-state index in [1.54, 1.807) is 12.4 Å². The first-order valence-electron chi connectivity index (χ1n) is 8.72. The van der Waals surface area contributed by atoms with Gasteiger partial charge in [0.25, 0.3) is 5.91 Å². The smallest absolute Gasteiger partial charge is 0.271 e. The van der Waals surface area contributed by atoms with Crippen molar-refractivity contribution in [3.8, 4) is 10.6 Å². The first kappa shape index (κ1) is 17.6. The monoisotopic (exact) mass is 357 g/mol. The van der Waals surface area contributed by atoms with Crippen LogP contribution in [0.1, 0.15) is 42.6 Å². The average molecular weight is 357 g/mol. The topological polar surface area (TPSA) is 71.1 Å². The fraction of sp³-hybridized carbons (Fsp3) is 0.421. The van der Waals surface area contributed by atoms with E-state index in [0.29, 0.717) is 5.69 Å². The van der Waals surface area contributed by atoms with E-state index in [0.717, 1.165) is 36.3 Å². The van der Waals surface area contributed by atoms with E-state index >= 15 is 0 Å². The quantitative estimate of drug-likeness (QED) is 0.863. The molecule has 5 nitrogen and oxygen atoms in total. The number of benzene rings is 1. The molecule has 2 aromatic rings. The van der Waals surface area contributed by atoms with Crippen LogP contribution in [0.25, 0.3) is 10.6 Å². The highest BCUT2D eigenvalue weighted by atomic mass is 32.1. The van der Waals surface area contributed by atoms with Crippen molar-refractivity contribution in [2.45, 2.75) is 38.1 Å². The van der Waals surface area contributed by atoms with Crippen LogP contribution in [0.3, 0.4) is 0 Å². The lowest BCUT2D eigenvalue weighted by molar-refractivity contribution is -0.124. The number of rotatable bonds is 5. The minimum Gasteiger partial charge on any atom is -0.357 e. The molecule has 0 spiro atoms. The standard InChI is InChI=1S/C19H23N3O2S/c1-20-18(24)16(13-8-4-2-5-9-13)22-17(23)15-12-25-19(21-15)14-10-6-3-7-11-14/h3,6-7,10-13,16H,2,4-5,8-9H2,1H3,(H,20,24)(H,22,23). The maximum absolute atomic E-state index is 12.6. The van der Waals surface area contributed by atoms with Crippen LogP contribution < -0.4 is 10.6 Å². The molecular weight excluding hydrogens is 334 g/mol. The summed E-state index contributed by atoms with van der Waals surface area (Å²) < 4.78 is 0. The molecule has 1 saturated carbocycles. The Morgan fingerprint density at radius 3 is 2.56 bits per heavy atom. The first-order chi connectivity index (χ1) is 12.2. The van der Waals surface area contributed by atoms with Crippen molar-refractivity contribution in [2.75, 3.05) is 7.05 Å². The van der Waals surface area contributed by atoms with E-state index in [1.165, 1.54) is 17.8 Å². The van der Waals surface area contributed by atoms with Gasteiger partial charge in [-0.15, -0.1) is 11.3 Å². The summed E-state index contributed by atoms with van der Waals surface area (Å²) in [5, 5.41) is 8.15. The first-order valence-corrected chi connectivity index (χ1v) is 9.60. The van der Waals surface area contributed by atoms with E-state index in [9.17, 15) is 9.59 Å². The van der Waals surface area contributed by atoms with Crippen molar-refractivity contribution >= 4 is 23.2 Å². The lowest BCUT2D eigenvalue weighted by Gasteiger charge is -2.29. The minimum atomic E-state index is -0.486. The molecule has 1 heterocycles. The Hall–Kier alpha value is -2.21. The van der Waals surface area contributed by atoms with Gasteiger partial charge in [-0.1, -0.05) is 49.6 Å². The molecule has 0 radical (unpaired) electrons. The summed E-state index contributed by atoms with van der Waals surface area (Å²) in [5.74, 6) is -0.207. The summed E-state index contributed by atoms with van der Waals surface area (Å²) in [5.41, 5.74) is 1.36. The van der Waals surface area contributed by atoms with Crippen LogP contribution in [0.15, 0.2) is 35.7 Å². The number of nitrogens with zero attached hydrogens (tertiary/aromatic N) is 1.